The third-order valence-electron chi connectivity index (χ3n) is 3.47. The number of hydrogen-bond acceptors (Lipinski definition) is 2. The van der Waals surface area contributed by atoms with Crippen molar-refractivity contribution < 1.29 is 4.79 Å². The number of halogens is 1. The molecular formula is C17H16ClN3O. The summed E-state index contributed by atoms with van der Waals surface area (Å²) in [6, 6.07) is 11.3. The number of rotatable bonds is 4. The molecule has 2 aromatic heterocycles. The van der Waals surface area contributed by atoms with Crippen LogP contribution in [0.3, 0.4) is 0 Å². The third-order valence-corrected chi connectivity index (χ3v) is 3.72. The number of carbonyl (C=O) groups excluding carboxylic acids is 1. The van der Waals surface area contributed by atoms with Crippen LogP contribution in [0.1, 0.15) is 16.8 Å². The summed E-state index contributed by atoms with van der Waals surface area (Å²) in [4.78, 5) is 16.5. The number of nitrogens with one attached hydrogen (secondary N) is 1. The molecule has 112 valence electrons. The van der Waals surface area contributed by atoms with Crippen LogP contribution in [0.25, 0.3) is 5.65 Å². The zero-order valence-corrected chi connectivity index (χ0v) is 13.0. The molecular weight excluding hydrogens is 298 g/mol. The van der Waals surface area contributed by atoms with Gasteiger partial charge in [-0.05, 0) is 36.2 Å². The molecule has 3 aromatic rings. The Labute approximate surface area is 133 Å². The standard InChI is InChI=1S/C17H16ClN3O/c1-12-3-2-8-21-11-15(20-17(12)21)10-19-16(22)9-13-4-6-14(18)7-5-13/h2-8,11H,9-10H2,1H3,(H,19,22). The van der Waals surface area contributed by atoms with Crippen molar-refractivity contribution in [2.75, 3.05) is 0 Å². The van der Waals surface area contributed by atoms with Crippen LogP contribution in [0, 0.1) is 6.92 Å². The van der Waals surface area contributed by atoms with Crippen molar-refractivity contribution in [3.05, 3.63) is 70.6 Å². The van der Waals surface area contributed by atoms with Crippen molar-refractivity contribution in [2.45, 2.75) is 19.9 Å². The van der Waals surface area contributed by atoms with Gasteiger partial charge >= 0.3 is 0 Å². The Morgan fingerprint density at radius 2 is 2.05 bits per heavy atom. The summed E-state index contributed by atoms with van der Waals surface area (Å²) in [5.41, 5.74) is 3.82. The Kier molecular flexibility index (Phi) is 4.11. The molecule has 0 unspecified atom stereocenters. The number of amides is 1. The first-order valence-electron chi connectivity index (χ1n) is 7.06. The summed E-state index contributed by atoms with van der Waals surface area (Å²) in [7, 11) is 0. The molecule has 1 amide bonds. The normalized spacial score (nSPS) is 10.8. The van der Waals surface area contributed by atoms with Crippen LogP contribution in [0.15, 0.2) is 48.8 Å². The van der Waals surface area contributed by atoms with Crippen LogP contribution in [-0.4, -0.2) is 15.3 Å². The Morgan fingerprint density at radius 3 is 2.77 bits per heavy atom. The summed E-state index contributed by atoms with van der Waals surface area (Å²) in [6.07, 6.45) is 4.23. The molecule has 4 nitrogen and oxygen atoms in total. The van der Waals surface area contributed by atoms with Gasteiger partial charge in [0.25, 0.3) is 0 Å². The highest BCUT2D eigenvalue weighted by molar-refractivity contribution is 6.30. The van der Waals surface area contributed by atoms with E-state index in [1.54, 1.807) is 12.1 Å². The first-order valence-corrected chi connectivity index (χ1v) is 7.44. The van der Waals surface area contributed by atoms with Gasteiger partial charge in [0, 0.05) is 17.4 Å². The van der Waals surface area contributed by atoms with E-state index in [0.717, 1.165) is 22.5 Å². The second kappa shape index (κ2) is 6.20. The number of benzene rings is 1. The summed E-state index contributed by atoms with van der Waals surface area (Å²) in [5.74, 6) is -0.0314. The third kappa shape index (κ3) is 3.28. The molecule has 1 aromatic carbocycles. The van der Waals surface area contributed by atoms with Gasteiger partial charge in [-0.25, -0.2) is 4.98 Å². The number of fused-ring (bicyclic) bond motifs is 1. The molecule has 0 saturated heterocycles. The maximum atomic E-state index is 12.0. The van der Waals surface area contributed by atoms with Crippen LogP contribution in [0.5, 0.6) is 0 Å². The van der Waals surface area contributed by atoms with E-state index < -0.39 is 0 Å². The average Bonchev–Trinajstić information content (AvgIpc) is 2.92. The lowest BCUT2D eigenvalue weighted by Gasteiger charge is -2.03. The van der Waals surface area contributed by atoms with Crippen molar-refractivity contribution in [3.63, 3.8) is 0 Å². The first-order chi connectivity index (χ1) is 10.6. The maximum absolute atomic E-state index is 12.0. The van der Waals surface area contributed by atoms with E-state index in [1.165, 1.54) is 0 Å². The molecule has 0 saturated carbocycles. The molecule has 1 N–H and O–H groups in total. The molecule has 0 aliphatic rings. The SMILES string of the molecule is Cc1cccn2cc(CNC(=O)Cc3ccc(Cl)cc3)nc12. The van der Waals surface area contributed by atoms with Crippen molar-refractivity contribution in [1.82, 2.24) is 14.7 Å². The number of imidazole rings is 1. The Balaban J connectivity index is 1.62. The minimum Gasteiger partial charge on any atom is -0.350 e. The van der Waals surface area contributed by atoms with Crippen LogP contribution in [0.2, 0.25) is 5.02 Å². The Bertz CT molecular complexity index is 808. The number of nitrogens with zero attached hydrogens (tertiary/aromatic N) is 2. The molecule has 0 fully saturated rings. The molecule has 0 radical (unpaired) electrons. The van der Waals surface area contributed by atoms with Gasteiger partial charge in [0.2, 0.25) is 5.91 Å². The fraction of sp³-hybridized carbons (Fsp3) is 0.176. The molecule has 22 heavy (non-hydrogen) atoms. The molecule has 0 aliphatic carbocycles. The molecule has 0 aliphatic heterocycles. The van der Waals surface area contributed by atoms with Gasteiger partial charge in [0.15, 0.2) is 0 Å². The molecule has 5 heteroatoms. The van der Waals surface area contributed by atoms with Gasteiger partial charge in [-0.3, -0.25) is 4.79 Å². The zero-order valence-electron chi connectivity index (χ0n) is 12.2. The van der Waals surface area contributed by atoms with Crippen LogP contribution >= 0.6 is 11.6 Å². The molecule has 0 bridgehead atoms. The number of hydrogen-bond donors (Lipinski definition) is 1. The van der Waals surface area contributed by atoms with E-state index in [9.17, 15) is 4.79 Å². The minimum absolute atomic E-state index is 0.0314. The summed E-state index contributed by atoms with van der Waals surface area (Å²) in [6.45, 7) is 2.44. The van der Waals surface area contributed by atoms with Crippen molar-refractivity contribution >= 4 is 23.2 Å². The average molecular weight is 314 g/mol. The number of aromatic nitrogens is 2. The monoisotopic (exact) mass is 313 g/mol. The molecule has 2 heterocycles. The van der Waals surface area contributed by atoms with Crippen molar-refractivity contribution in [1.29, 1.82) is 0 Å². The van der Waals surface area contributed by atoms with Gasteiger partial charge in [-0.15, -0.1) is 0 Å². The second-order valence-electron chi connectivity index (χ2n) is 5.23. The predicted molar refractivity (Wildman–Crippen MR) is 86.9 cm³/mol. The zero-order chi connectivity index (χ0) is 15.5. The summed E-state index contributed by atoms with van der Waals surface area (Å²) < 4.78 is 1.97. The second-order valence-corrected chi connectivity index (χ2v) is 5.67. The van der Waals surface area contributed by atoms with Gasteiger partial charge in [-0.2, -0.15) is 0 Å². The number of carbonyl (C=O) groups is 1. The van der Waals surface area contributed by atoms with Crippen LogP contribution < -0.4 is 5.32 Å². The van der Waals surface area contributed by atoms with Crippen molar-refractivity contribution in [3.8, 4) is 0 Å². The summed E-state index contributed by atoms with van der Waals surface area (Å²) >= 11 is 5.83. The fourth-order valence-electron chi connectivity index (χ4n) is 2.33. The fourth-order valence-corrected chi connectivity index (χ4v) is 2.45. The van der Waals surface area contributed by atoms with E-state index >= 15 is 0 Å². The molecule has 0 spiro atoms. The molecule has 3 rings (SSSR count). The lowest BCUT2D eigenvalue weighted by atomic mass is 10.1. The topological polar surface area (TPSA) is 46.4 Å². The van der Waals surface area contributed by atoms with E-state index in [0.29, 0.717) is 18.0 Å². The maximum Gasteiger partial charge on any atom is 0.224 e. The lowest BCUT2D eigenvalue weighted by Crippen LogP contribution is -2.24. The highest BCUT2D eigenvalue weighted by Crippen LogP contribution is 2.11. The first kappa shape index (κ1) is 14.6. The number of aryl methyl sites for hydroxylation is 1. The lowest BCUT2D eigenvalue weighted by molar-refractivity contribution is -0.120. The number of pyridine rings is 1. The van der Waals surface area contributed by atoms with Gasteiger partial charge in [0.05, 0.1) is 18.7 Å². The van der Waals surface area contributed by atoms with Gasteiger partial charge in [-0.1, -0.05) is 29.8 Å². The van der Waals surface area contributed by atoms with E-state index in [4.69, 9.17) is 11.6 Å². The van der Waals surface area contributed by atoms with E-state index in [1.807, 2.05) is 48.0 Å². The predicted octanol–water partition coefficient (Wildman–Crippen LogP) is 3.16. The Morgan fingerprint density at radius 1 is 1.27 bits per heavy atom. The quantitative estimate of drug-likeness (QED) is 0.804. The Hall–Kier alpha value is -2.33. The van der Waals surface area contributed by atoms with Crippen LogP contribution in [-0.2, 0) is 17.8 Å². The van der Waals surface area contributed by atoms with E-state index in [-0.39, 0.29) is 5.91 Å². The highest BCUT2D eigenvalue weighted by atomic mass is 35.5. The van der Waals surface area contributed by atoms with Gasteiger partial charge in [0.1, 0.15) is 5.65 Å². The van der Waals surface area contributed by atoms with E-state index in [2.05, 4.69) is 10.3 Å². The van der Waals surface area contributed by atoms with Crippen molar-refractivity contribution in [2.24, 2.45) is 0 Å². The summed E-state index contributed by atoms with van der Waals surface area (Å²) in [5, 5.41) is 3.57. The van der Waals surface area contributed by atoms with Gasteiger partial charge < -0.3 is 9.72 Å². The highest BCUT2D eigenvalue weighted by Gasteiger charge is 2.07. The van der Waals surface area contributed by atoms with Crippen LogP contribution in [0.4, 0.5) is 0 Å². The smallest absolute Gasteiger partial charge is 0.224 e. The largest absolute Gasteiger partial charge is 0.350 e. The molecule has 0 atom stereocenters. The minimum atomic E-state index is -0.0314.